The maximum absolute atomic E-state index is 11.6. The van der Waals surface area contributed by atoms with Crippen molar-refractivity contribution in [3.05, 3.63) is 22.6 Å². The molecule has 112 valence electrons. The van der Waals surface area contributed by atoms with E-state index < -0.39 is 5.97 Å². The van der Waals surface area contributed by atoms with Gasteiger partial charge in [-0.15, -0.1) is 23.1 Å². The summed E-state index contributed by atoms with van der Waals surface area (Å²) < 4.78 is 6.34. The first-order valence-corrected chi connectivity index (χ1v) is 8.81. The Labute approximate surface area is 132 Å². The Kier molecular flexibility index (Phi) is 4.13. The van der Waals surface area contributed by atoms with Gasteiger partial charge in [0.2, 0.25) is 0 Å². The number of carbonyl (C=O) groups is 1. The van der Waals surface area contributed by atoms with Gasteiger partial charge in [0.1, 0.15) is 10.6 Å². The van der Waals surface area contributed by atoms with Crippen molar-refractivity contribution < 1.29 is 14.6 Å². The molecule has 0 bridgehead atoms. The van der Waals surface area contributed by atoms with Gasteiger partial charge in [-0.1, -0.05) is 12.8 Å². The van der Waals surface area contributed by atoms with Gasteiger partial charge < -0.3 is 9.84 Å². The van der Waals surface area contributed by atoms with Gasteiger partial charge in [0.15, 0.2) is 0 Å². The van der Waals surface area contributed by atoms with Crippen molar-refractivity contribution in [2.45, 2.75) is 42.8 Å². The van der Waals surface area contributed by atoms with E-state index in [0.717, 1.165) is 26.3 Å². The van der Waals surface area contributed by atoms with Crippen LogP contribution in [-0.2, 0) is 0 Å². The quantitative estimate of drug-likeness (QED) is 0.865. The number of hydrogen-bond donors (Lipinski definition) is 1. The molecule has 0 unspecified atom stereocenters. The molecular formula is C16H18O3S2. The van der Waals surface area contributed by atoms with Crippen LogP contribution in [0.15, 0.2) is 17.0 Å². The molecule has 5 heteroatoms. The van der Waals surface area contributed by atoms with Crippen molar-refractivity contribution >= 4 is 39.2 Å². The SMILES string of the molecule is COc1cc2sc(C(=O)O)c(SC3CCCC3)c2cc1C. The van der Waals surface area contributed by atoms with Gasteiger partial charge in [-0.05, 0) is 37.5 Å². The van der Waals surface area contributed by atoms with E-state index in [0.29, 0.717) is 10.1 Å². The third-order valence-electron chi connectivity index (χ3n) is 3.94. The maximum atomic E-state index is 11.6. The molecule has 2 aromatic rings. The molecule has 1 heterocycles. The highest BCUT2D eigenvalue weighted by Crippen LogP contribution is 2.45. The minimum absolute atomic E-state index is 0.467. The molecule has 1 aromatic heterocycles. The summed E-state index contributed by atoms with van der Waals surface area (Å²) in [6, 6.07) is 4.02. The summed E-state index contributed by atoms with van der Waals surface area (Å²) in [5.41, 5.74) is 1.05. The number of fused-ring (bicyclic) bond motifs is 1. The molecule has 0 aliphatic heterocycles. The van der Waals surface area contributed by atoms with Crippen molar-refractivity contribution in [2.24, 2.45) is 0 Å². The van der Waals surface area contributed by atoms with Crippen LogP contribution in [0.1, 0.15) is 40.9 Å². The van der Waals surface area contributed by atoms with E-state index in [1.165, 1.54) is 37.0 Å². The second-order valence-corrected chi connectivity index (χ2v) is 7.77. The van der Waals surface area contributed by atoms with Crippen molar-refractivity contribution in [2.75, 3.05) is 7.11 Å². The van der Waals surface area contributed by atoms with Gasteiger partial charge in [-0.3, -0.25) is 0 Å². The van der Waals surface area contributed by atoms with Crippen LogP contribution in [0.25, 0.3) is 10.1 Å². The lowest BCUT2D eigenvalue weighted by Crippen LogP contribution is -1.98. The lowest BCUT2D eigenvalue weighted by atomic mass is 10.1. The number of thioether (sulfide) groups is 1. The average Bonchev–Trinajstić information content (AvgIpc) is 3.07. The number of rotatable bonds is 4. The van der Waals surface area contributed by atoms with Crippen LogP contribution in [0.3, 0.4) is 0 Å². The zero-order valence-electron chi connectivity index (χ0n) is 12.1. The van der Waals surface area contributed by atoms with E-state index in [-0.39, 0.29) is 0 Å². The molecule has 1 aliphatic carbocycles. The maximum Gasteiger partial charge on any atom is 0.347 e. The second-order valence-electron chi connectivity index (χ2n) is 5.41. The molecule has 0 spiro atoms. The number of carboxylic acid groups (broad SMARTS) is 1. The Bertz CT molecular complexity index is 684. The third kappa shape index (κ3) is 2.77. The van der Waals surface area contributed by atoms with Crippen LogP contribution >= 0.6 is 23.1 Å². The van der Waals surface area contributed by atoms with Crippen LogP contribution in [0.5, 0.6) is 5.75 Å². The van der Waals surface area contributed by atoms with Gasteiger partial charge in [0.25, 0.3) is 0 Å². The number of aromatic carboxylic acids is 1. The predicted molar refractivity (Wildman–Crippen MR) is 88.2 cm³/mol. The van der Waals surface area contributed by atoms with E-state index in [1.807, 2.05) is 13.0 Å². The van der Waals surface area contributed by atoms with Gasteiger partial charge in [-0.2, -0.15) is 0 Å². The molecule has 0 radical (unpaired) electrons. The molecule has 1 aliphatic rings. The lowest BCUT2D eigenvalue weighted by molar-refractivity contribution is 0.0699. The van der Waals surface area contributed by atoms with Crippen LogP contribution < -0.4 is 4.74 Å². The number of aryl methyl sites for hydroxylation is 1. The highest BCUT2D eigenvalue weighted by Gasteiger charge is 2.24. The van der Waals surface area contributed by atoms with Crippen LogP contribution in [0, 0.1) is 6.92 Å². The first kappa shape index (κ1) is 14.7. The number of ether oxygens (including phenoxy) is 1. The van der Waals surface area contributed by atoms with Gasteiger partial charge in [0.05, 0.1) is 7.11 Å². The normalized spacial score (nSPS) is 15.7. The topological polar surface area (TPSA) is 46.5 Å². The zero-order chi connectivity index (χ0) is 15.0. The fourth-order valence-corrected chi connectivity index (χ4v) is 5.53. The molecule has 1 N–H and O–H groups in total. The highest BCUT2D eigenvalue weighted by molar-refractivity contribution is 8.00. The van der Waals surface area contributed by atoms with Crippen LogP contribution in [0.2, 0.25) is 0 Å². The van der Waals surface area contributed by atoms with Crippen molar-refractivity contribution in [3.8, 4) is 5.75 Å². The molecule has 21 heavy (non-hydrogen) atoms. The first-order valence-electron chi connectivity index (χ1n) is 7.11. The molecule has 1 saturated carbocycles. The summed E-state index contributed by atoms with van der Waals surface area (Å²) in [6.07, 6.45) is 4.90. The summed E-state index contributed by atoms with van der Waals surface area (Å²) in [6.45, 7) is 2.00. The highest BCUT2D eigenvalue weighted by atomic mass is 32.2. The van der Waals surface area contributed by atoms with Crippen molar-refractivity contribution in [1.82, 2.24) is 0 Å². The monoisotopic (exact) mass is 322 g/mol. The lowest BCUT2D eigenvalue weighted by Gasteiger charge is -2.10. The molecule has 1 fully saturated rings. The van der Waals surface area contributed by atoms with Gasteiger partial charge in [0, 0.05) is 20.2 Å². The first-order chi connectivity index (χ1) is 10.1. The fraction of sp³-hybridized carbons (Fsp3) is 0.438. The van der Waals surface area contributed by atoms with E-state index in [9.17, 15) is 9.90 Å². The van der Waals surface area contributed by atoms with Gasteiger partial charge >= 0.3 is 5.97 Å². The summed E-state index contributed by atoms with van der Waals surface area (Å²) in [7, 11) is 1.65. The summed E-state index contributed by atoms with van der Waals surface area (Å²) in [5.74, 6) is -0.00794. The molecule has 0 amide bonds. The fourth-order valence-electron chi connectivity index (χ4n) is 2.86. The number of thiophene rings is 1. The summed E-state index contributed by atoms with van der Waals surface area (Å²) in [4.78, 5) is 13.0. The Morgan fingerprint density at radius 3 is 2.71 bits per heavy atom. The van der Waals surface area contributed by atoms with Crippen LogP contribution in [-0.4, -0.2) is 23.4 Å². The Morgan fingerprint density at radius 1 is 1.38 bits per heavy atom. The van der Waals surface area contributed by atoms with E-state index in [1.54, 1.807) is 18.9 Å². The van der Waals surface area contributed by atoms with E-state index in [4.69, 9.17) is 4.74 Å². The molecule has 3 rings (SSSR count). The Balaban J connectivity index is 2.11. The molecule has 0 atom stereocenters. The Morgan fingerprint density at radius 2 is 2.10 bits per heavy atom. The predicted octanol–water partition coefficient (Wildman–Crippen LogP) is 4.95. The van der Waals surface area contributed by atoms with E-state index in [2.05, 4.69) is 6.07 Å². The summed E-state index contributed by atoms with van der Waals surface area (Å²) >= 11 is 3.11. The second kappa shape index (κ2) is 5.89. The minimum Gasteiger partial charge on any atom is -0.496 e. The third-order valence-corrected chi connectivity index (χ3v) is 6.68. The smallest absolute Gasteiger partial charge is 0.347 e. The minimum atomic E-state index is -0.826. The number of carboxylic acids is 1. The largest absolute Gasteiger partial charge is 0.496 e. The van der Waals surface area contributed by atoms with Crippen molar-refractivity contribution in [3.63, 3.8) is 0 Å². The number of hydrogen-bond acceptors (Lipinski definition) is 4. The number of methoxy groups -OCH3 is 1. The molecular weight excluding hydrogens is 304 g/mol. The van der Waals surface area contributed by atoms with E-state index >= 15 is 0 Å². The summed E-state index contributed by atoms with van der Waals surface area (Å²) in [5, 5.41) is 11.1. The van der Waals surface area contributed by atoms with Crippen molar-refractivity contribution in [1.29, 1.82) is 0 Å². The van der Waals surface area contributed by atoms with Gasteiger partial charge in [-0.25, -0.2) is 4.79 Å². The zero-order valence-corrected chi connectivity index (χ0v) is 13.8. The Hall–Kier alpha value is -1.20. The molecule has 0 saturated heterocycles. The number of benzene rings is 1. The average molecular weight is 322 g/mol. The van der Waals surface area contributed by atoms with Crippen LogP contribution in [0.4, 0.5) is 0 Å². The molecule has 3 nitrogen and oxygen atoms in total. The molecule has 1 aromatic carbocycles. The standard InChI is InChI=1S/C16H18O3S2/c1-9-7-11-13(8-12(9)19-2)21-15(16(17)18)14(11)20-10-5-3-4-6-10/h7-8,10H,3-6H2,1-2H3,(H,17,18).